The molecule has 0 radical (unpaired) electrons. The van der Waals surface area contributed by atoms with E-state index in [1.807, 2.05) is 23.5 Å². The fraction of sp³-hybridized carbons (Fsp3) is 0.476. The Balaban J connectivity index is 1.37. The number of benzene rings is 1. The molecule has 0 bridgehead atoms. The van der Waals surface area contributed by atoms with E-state index in [9.17, 15) is 4.79 Å². The van der Waals surface area contributed by atoms with Crippen molar-refractivity contribution < 1.29 is 9.53 Å². The second-order valence-electron chi connectivity index (χ2n) is 7.43. The number of nitrogens with zero attached hydrogens (tertiary/aromatic N) is 2. The maximum Gasteiger partial charge on any atom is 0.237 e. The molecule has 5 heteroatoms. The van der Waals surface area contributed by atoms with Crippen molar-refractivity contribution >= 4 is 17.2 Å². The molecule has 4 rings (SSSR count). The zero-order valence-electron chi connectivity index (χ0n) is 15.5. The van der Waals surface area contributed by atoms with E-state index in [0.29, 0.717) is 18.5 Å². The van der Waals surface area contributed by atoms with Crippen molar-refractivity contribution in [3.63, 3.8) is 0 Å². The van der Waals surface area contributed by atoms with Crippen LogP contribution in [-0.2, 0) is 17.8 Å². The van der Waals surface area contributed by atoms with E-state index in [4.69, 9.17) is 4.74 Å². The van der Waals surface area contributed by atoms with Gasteiger partial charge in [-0.25, -0.2) is 0 Å². The van der Waals surface area contributed by atoms with Crippen LogP contribution in [0, 0.1) is 0 Å². The molecule has 0 aliphatic carbocycles. The van der Waals surface area contributed by atoms with Crippen molar-refractivity contribution in [2.75, 3.05) is 26.7 Å². The van der Waals surface area contributed by atoms with Crippen LogP contribution in [0.3, 0.4) is 0 Å². The molecule has 1 fully saturated rings. The molecule has 0 unspecified atom stereocenters. The molecule has 4 nitrogen and oxygen atoms in total. The second kappa shape index (κ2) is 7.41. The largest absolute Gasteiger partial charge is 0.497 e. The van der Waals surface area contributed by atoms with E-state index in [1.54, 1.807) is 7.11 Å². The lowest BCUT2D eigenvalue weighted by Crippen LogP contribution is -2.43. The van der Waals surface area contributed by atoms with E-state index in [0.717, 1.165) is 38.2 Å². The summed E-state index contributed by atoms with van der Waals surface area (Å²) in [5.41, 5.74) is 2.70. The Hall–Kier alpha value is -1.85. The summed E-state index contributed by atoms with van der Waals surface area (Å²) < 4.78 is 5.25. The number of rotatable bonds is 4. The third kappa shape index (κ3) is 3.51. The van der Waals surface area contributed by atoms with Gasteiger partial charge in [0.2, 0.25) is 5.91 Å². The molecule has 2 aliphatic rings. The molecule has 0 N–H and O–H groups in total. The Bertz CT molecular complexity index is 771. The number of methoxy groups -OCH3 is 1. The molecule has 26 heavy (non-hydrogen) atoms. The fourth-order valence-electron chi connectivity index (χ4n) is 4.22. The Morgan fingerprint density at radius 2 is 2.08 bits per heavy atom. The van der Waals surface area contributed by atoms with E-state index < -0.39 is 0 Å². The van der Waals surface area contributed by atoms with E-state index >= 15 is 0 Å². The molecule has 2 aliphatic heterocycles. The van der Waals surface area contributed by atoms with Crippen LogP contribution in [0.15, 0.2) is 35.7 Å². The lowest BCUT2D eigenvalue weighted by atomic mass is 9.97. The number of amides is 1. The summed E-state index contributed by atoms with van der Waals surface area (Å²) in [6.45, 7) is 5.44. The van der Waals surface area contributed by atoms with Crippen molar-refractivity contribution in [2.24, 2.45) is 0 Å². The number of hydrogen-bond donors (Lipinski definition) is 0. The average Bonchev–Trinajstić information content (AvgIpc) is 3.27. The first kappa shape index (κ1) is 17.6. The van der Waals surface area contributed by atoms with Gasteiger partial charge in [0.15, 0.2) is 0 Å². The highest BCUT2D eigenvalue weighted by atomic mass is 32.1. The minimum absolute atomic E-state index is 0.271. The molecule has 1 saturated heterocycles. The van der Waals surface area contributed by atoms with Gasteiger partial charge in [-0.3, -0.25) is 9.69 Å². The number of thiophene rings is 1. The third-order valence-corrected chi connectivity index (χ3v) is 6.75. The lowest BCUT2D eigenvalue weighted by Gasteiger charge is -2.29. The summed E-state index contributed by atoms with van der Waals surface area (Å²) in [6.07, 6.45) is 2.11. The Kier molecular flexibility index (Phi) is 5.00. The molecule has 2 aromatic rings. The SMILES string of the molecule is COc1ccc([C@@H]2C[C@@H](C)N(C(=O)CN3CCc4sccc4C3)C2)cc1. The molecule has 1 amide bonds. The Labute approximate surface area is 159 Å². The first-order valence-corrected chi connectivity index (χ1v) is 10.2. The number of hydrogen-bond acceptors (Lipinski definition) is 4. The molecule has 3 heterocycles. The fourth-order valence-corrected chi connectivity index (χ4v) is 5.11. The maximum atomic E-state index is 12.9. The number of fused-ring (bicyclic) bond motifs is 1. The highest BCUT2D eigenvalue weighted by molar-refractivity contribution is 7.10. The van der Waals surface area contributed by atoms with Gasteiger partial charge in [-0.15, -0.1) is 11.3 Å². The van der Waals surface area contributed by atoms with Crippen molar-refractivity contribution in [1.29, 1.82) is 0 Å². The molecule has 138 valence electrons. The minimum atomic E-state index is 0.271. The van der Waals surface area contributed by atoms with Gasteiger partial charge in [0.1, 0.15) is 5.75 Å². The highest BCUT2D eigenvalue weighted by Crippen LogP contribution is 2.33. The summed E-state index contributed by atoms with van der Waals surface area (Å²) in [7, 11) is 1.69. The van der Waals surface area contributed by atoms with Crippen LogP contribution in [0.25, 0.3) is 0 Å². The Morgan fingerprint density at radius 1 is 1.27 bits per heavy atom. The lowest BCUT2D eigenvalue weighted by molar-refractivity contribution is -0.133. The van der Waals surface area contributed by atoms with Crippen molar-refractivity contribution in [3.05, 3.63) is 51.7 Å². The van der Waals surface area contributed by atoms with Crippen LogP contribution in [0.1, 0.15) is 35.3 Å². The van der Waals surface area contributed by atoms with E-state index in [1.165, 1.54) is 16.0 Å². The van der Waals surface area contributed by atoms with Crippen molar-refractivity contribution in [3.8, 4) is 5.75 Å². The van der Waals surface area contributed by atoms with Crippen LogP contribution < -0.4 is 4.74 Å². The van der Waals surface area contributed by atoms with Crippen LogP contribution in [0.2, 0.25) is 0 Å². The van der Waals surface area contributed by atoms with Crippen molar-refractivity contribution in [1.82, 2.24) is 9.80 Å². The van der Waals surface area contributed by atoms with E-state index in [-0.39, 0.29) is 5.91 Å². The molecular weight excluding hydrogens is 344 g/mol. The predicted octanol–water partition coefficient (Wildman–Crippen LogP) is 3.52. The van der Waals surface area contributed by atoms with Gasteiger partial charge in [0.25, 0.3) is 0 Å². The zero-order valence-corrected chi connectivity index (χ0v) is 16.3. The molecular formula is C21H26N2O2S. The molecule has 0 spiro atoms. The first-order chi connectivity index (χ1) is 12.6. The highest BCUT2D eigenvalue weighted by Gasteiger charge is 2.34. The monoisotopic (exact) mass is 370 g/mol. The standard InChI is InChI=1S/C21H26N2O2S/c1-15-11-18(16-3-5-19(25-2)6-4-16)13-23(15)21(24)14-22-9-7-20-17(12-22)8-10-26-20/h3-6,8,10,15,18H,7,9,11-14H2,1-2H3/t15-,18-/m1/s1. The molecule has 1 aromatic carbocycles. The zero-order chi connectivity index (χ0) is 18.1. The second-order valence-corrected chi connectivity index (χ2v) is 8.43. The maximum absolute atomic E-state index is 12.9. The van der Waals surface area contributed by atoms with E-state index in [2.05, 4.69) is 40.3 Å². The van der Waals surface area contributed by atoms with Gasteiger partial charge >= 0.3 is 0 Å². The number of carbonyl (C=O) groups is 1. The van der Waals surface area contributed by atoms with Crippen molar-refractivity contribution in [2.45, 2.75) is 38.3 Å². The van der Waals surface area contributed by atoms with Gasteiger partial charge in [-0.05, 0) is 54.5 Å². The first-order valence-electron chi connectivity index (χ1n) is 9.35. The third-order valence-electron chi connectivity index (χ3n) is 5.73. The number of carbonyl (C=O) groups excluding carboxylic acids is 1. The smallest absolute Gasteiger partial charge is 0.237 e. The summed E-state index contributed by atoms with van der Waals surface area (Å²) >= 11 is 1.84. The minimum Gasteiger partial charge on any atom is -0.497 e. The van der Waals surface area contributed by atoms with Gasteiger partial charge in [-0.2, -0.15) is 0 Å². The van der Waals surface area contributed by atoms with Gasteiger partial charge in [0.05, 0.1) is 13.7 Å². The van der Waals surface area contributed by atoms with Gasteiger partial charge in [-0.1, -0.05) is 12.1 Å². The van der Waals surface area contributed by atoms with Crippen LogP contribution in [0.5, 0.6) is 5.75 Å². The molecule has 0 saturated carbocycles. The molecule has 2 atom stereocenters. The van der Waals surface area contributed by atoms with Crippen LogP contribution >= 0.6 is 11.3 Å². The van der Waals surface area contributed by atoms with Gasteiger partial charge in [0, 0.05) is 36.5 Å². The molecule has 1 aromatic heterocycles. The number of ether oxygens (including phenoxy) is 1. The van der Waals surface area contributed by atoms with Crippen LogP contribution in [-0.4, -0.2) is 48.5 Å². The predicted molar refractivity (Wildman–Crippen MR) is 105 cm³/mol. The Morgan fingerprint density at radius 3 is 2.85 bits per heavy atom. The number of likely N-dealkylation sites (tertiary alicyclic amines) is 1. The summed E-state index contributed by atoms with van der Waals surface area (Å²) in [5, 5.41) is 2.16. The van der Waals surface area contributed by atoms with Crippen LogP contribution in [0.4, 0.5) is 0 Å². The topological polar surface area (TPSA) is 32.8 Å². The van der Waals surface area contributed by atoms with Gasteiger partial charge < -0.3 is 9.64 Å². The summed E-state index contributed by atoms with van der Waals surface area (Å²) in [4.78, 5) is 18.8. The summed E-state index contributed by atoms with van der Waals surface area (Å²) in [6, 6.07) is 10.8. The average molecular weight is 371 g/mol. The normalized spacial score (nSPS) is 23.1. The quantitative estimate of drug-likeness (QED) is 0.826. The summed E-state index contributed by atoms with van der Waals surface area (Å²) in [5.74, 6) is 1.57.